The van der Waals surface area contributed by atoms with Crippen molar-refractivity contribution < 1.29 is 22.3 Å². The van der Waals surface area contributed by atoms with E-state index in [1.807, 2.05) is 0 Å². The number of hydrogen-bond acceptors (Lipinski definition) is 1. The van der Waals surface area contributed by atoms with Gasteiger partial charge in [0.2, 0.25) is 0 Å². The van der Waals surface area contributed by atoms with Crippen LogP contribution < -0.4 is 0 Å². The molecule has 0 amide bonds. The van der Waals surface area contributed by atoms with Crippen LogP contribution in [0, 0.1) is 17.8 Å². The summed E-state index contributed by atoms with van der Waals surface area (Å²) in [5.74, 6) is 0.954. The number of ether oxygens (including phenoxy) is 1. The van der Waals surface area contributed by atoms with Gasteiger partial charge in [0.15, 0.2) is 0 Å². The van der Waals surface area contributed by atoms with Gasteiger partial charge in [-0.05, 0) is 49.0 Å². The van der Waals surface area contributed by atoms with Crippen molar-refractivity contribution in [2.45, 2.75) is 57.7 Å². The van der Waals surface area contributed by atoms with E-state index >= 15 is 0 Å². The van der Waals surface area contributed by atoms with Crippen molar-refractivity contribution in [3.63, 3.8) is 0 Å². The third-order valence-electron chi connectivity index (χ3n) is 5.89. The Hall–Kier alpha value is -1.36. The van der Waals surface area contributed by atoms with Crippen LogP contribution >= 0.6 is 0 Å². The molecule has 1 nitrogen and oxygen atoms in total. The SMILES string of the molecule is CC1CCC(C2CCC(c3ccc(/C(F)=C/C(F)(F)F)cc3)OC2)CC1. The molecule has 1 aromatic rings. The Morgan fingerprint density at radius 2 is 1.58 bits per heavy atom. The van der Waals surface area contributed by atoms with E-state index in [2.05, 4.69) is 6.92 Å². The average Bonchev–Trinajstić information content (AvgIpc) is 2.61. The quantitative estimate of drug-likeness (QED) is 0.529. The first kappa shape index (κ1) is 19.4. The molecule has 1 aromatic carbocycles. The predicted molar refractivity (Wildman–Crippen MR) is 94.1 cm³/mol. The van der Waals surface area contributed by atoms with Crippen LogP contribution in [0.5, 0.6) is 0 Å². The maximum absolute atomic E-state index is 13.6. The average molecular weight is 370 g/mol. The molecule has 144 valence electrons. The zero-order chi connectivity index (χ0) is 18.7. The second kappa shape index (κ2) is 8.12. The summed E-state index contributed by atoms with van der Waals surface area (Å²) in [4.78, 5) is 0. The number of allylic oxidation sites excluding steroid dienone is 1. The summed E-state index contributed by atoms with van der Waals surface area (Å²) in [6, 6.07) is 6.13. The van der Waals surface area contributed by atoms with Crippen molar-refractivity contribution in [3.05, 3.63) is 41.5 Å². The molecule has 2 atom stereocenters. The van der Waals surface area contributed by atoms with Gasteiger partial charge in [0.1, 0.15) is 5.83 Å². The first-order chi connectivity index (χ1) is 12.3. The van der Waals surface area contributed by atoms with Crippen LogP contribution in [-0.4, -0.2) is 12.8 Å². The molecule has 2 unspecified atom stereocenters. The summed E-state index contributed by atoms with van der Waals surface area (Å²) < 4.78 is 56.4. The van der Waals surface area contributed by atoms with Gasteiger partial charge < -0.3 is 4.74 Å². The largest absolute Gasteiger partial charge is 0.412 e. The van der Waals surface area contributed by atoms with Gasteiger partial charge in [-0.15, -0.1) is 0 Å². The maximum Gasteiger partial charge on any atom is 0.412 e. The van der Waals surface area contributed by atoms with E-state index in [1.54, 1.807) is 12.1 Å². The first-order valence-corrected chi connectivity index (χ1v) is 9.49. The van der Waals surface area contributed by atoms with E-state index < -0.39 is 12.0 Å². The normalized spacial score (nSPS) is 31.0. The summed E-state index contributed by atoms with van der Waals surface area (Å²) in [7, 11) is 0. The second-order valence-corrected chi connectivity index (χ2v) is 7.84. The number of alkyl halides is 3. The van der Waals surface area contributed by atoms with Gasteiger partial charge in [-0.3, -0.25) is 0 Å². The monoisotopic (exact) mass is 370 g/mol. The van der Waals surface area contributed by atoms with Crippen LogP contribution in [0.3, 0.4) is 0 Å². The third kappa shape index (κ3) is 5.09. The molecule has 0 radical (unpaired) electrons. The van der Waals surface area contributed by atoms with Crippen molar-refractivity contribution in [3.8, 4) is 0 Å². The van der Waals surface area contributed by atoms with E-state index in [0.717, 1.165) is 36.8 Å². The topological polar surface area (TPSA) is 9.23 Å². The summed E-state index contributed by atoms with van der Waals surface area (Å²) in [5.41, 5.74) is 0.848. The van der Waals surface area contributed by atoms with E-state index in [-0.39, 0.29) is 17.7 Å². The fourth-order valence-corrected chi connectivity index (χ4v) is 4.25. The van der Waals surface area contributed by atoms with Gasteiger partial charge in [0, 0.05) is 5.56 Å². The van der Waals surface area contributed by atoms with Crippen LogP contribution in [0.2, 0.25) is 0 Å². The molecule has 0 spiro atoms. The van der Waals surface area contributed by atoms with Gasteiger partial charge in [0.05, 0.1) is 18.8 Å². The van der Waals surface area contributed by atoms with E-state index in [9.17, 15) is 17.6 Å². The minimum Gasteiger partial charge on any atom is -0.373 e. The minimum atomic E-state index is -4.65. The van der Waals surface area contributed by atoms with E-state index in [0.29, 0.717) is 5.92 Å². The van der Waals surface area contributed by atoms with Crippen LogP contribution in [-0.2, 0) is 4.74 Å². The molecule has 1 saturated heterocycles. The fraction of sp³-hybridized carbons (Fsp3) is 0.619. The molecular weight excluding hydrogens is 344 g/mol. The highest BCUT2D eigenvalue weighted by molar-refractivity contribution is 5.59. The lowest BCUT2D eigenvalue weighted by molar-refractivity contribution is -0.0798. The summed E-state index contributed by atoms with van der Waals surface area (Å²) in [6.07, 6.45) is 2.23. The molecule has 1 aliphatic carbocycles. The predicted octanol–water partition coefficient (Wildman–Crippen LogP) is 6.85. The molecule has 3 rings (SSSR count). The lowest BCUT2D eigenvalue weighted by Gasteiger charge is -2.37. The Morgan fingerprint density at radius 3 is 2.12 bits per heavy atom. The standard InChI is InChI=1S/C21H26F4O/c1-14-2-4-15(5-3-14)18-10-11-20(26-13-18)17-8-6-16(7-9-17)19(22)12-21(23,24)25/h6-9,12,14-15,18,20H,2-5,10-11,13H2,1H3/b19-12-. The smallest absolute Gasteiger partial charge is 0.373 e. The highest BCUT2D eigenvalue weighted by Gasteiger charge is 2.31. The molecule has 2 fully saturated rings. The zero-order valence-electron chi connectivity index (χ0n) is 15.1. The van der Waals surface area contributed by atoms with Gasteiger partial charge >= 0.3 is 6.18 Å². The van der Waals surface area contributed by atoms with Crippen molar-refractivity contribution in [1.82, 2.24) is 0 Å². The summed E-state index contributed by atoms with van der Waals surface area (Å²) in [6.45, 7) is 3.06. The number of hydrogen-bond donors (Lipinski definition) is 0. The molecule has 0 N–H and O–H groups in total. The first-order valence-electron chi connectivity index (χ1n) is 9.49. The van der Waals surface area contributed by atoms with E-state index in [4.69, 9.17) is 4.74 Å². The highest BCUT2D eigenvalue weighted by atomic mass is 19.4. The Morgan fingerprint density at radius 1 is 0.962 bits per heavy atom. The van der Waals surface area contributed by atoms with Crippen molar-refractivity contribution in [2.75, 3.05) is 6.61 Å². The number of halogens is 4. The molecular formula is C21H26F4O. The maximum atomic E-state index is 13.6. The van der Waals surface area contributed by atoms with Crippen molar-refractivity contribution in [1.29, 1.82) is 0 Å². The molecule has 0 bridgehead atoms. The molecule has 1 heterocycles. The van der Waals surface area contributed by atoms with Crippen LogP contribution in [0.4, 0.5) is 17.6 Å². The molecule has 2 aliphatic rings. The molecule has 5 heteroatoms. The van der Waals surface area contributed by atoms with Crippen LogP contribution in [0.15, 0.2) is 30.3 Å². The zero-order valence-corrected chi connectivity index (χ0v) is 15.1. The molecule has 0 aromatic heterocycles. The molecule has 26 heavy (non-hydrogen) atoms. The second-order valence-electron chi connectivity index (χ2n) is 7.84. The lowest BCUT2D eigenvalue weighted by Crippen LogP contribution is -2.29. The Bertz CT molecular complexity index is 604. The van der Waals surface area contributed by atoms with E-state index in [1.165, 1.54) is 37.8 Å². The van der Waals surface area contributed by atoms with Crippen LogP contribution in [0.1, 0.15) is 62.7 Å². The van der Waals surface area contributed by atoms with Gasteiger partial charge in [-0.2, -0.15) is 13.2 Å². The lowest BCUT2D eigenvalue weighted by atomic mass is 9.74. The molecule has 1 aliphatic heterocycles. The number of benzene rings is 1. The summed E-state index contributed by atoms with van der Waals surface area (Å²) in [5, 5.41) is 0. The van der Waals surface area contributed by atoms with Crippen molar-refractivity contribution >= 4 is 5.83 Å². The number of rotatable bonds is 3. The Kier molecular flexibility index (Phi) is 6.06. The fourth-order valence-electron chi connectivity index (χ4n) is 4.25. The van der Waals surface area contributed by atoms with Gasteiger partial charge in [0.25, 0.3) is 0 Å². The summed E-state index contributed by atoms with van der Waals surface area (Å²) >= 11 is 0. The van der Waals surface area contributed by atoms with Gasteiger partial charge in [-0.25, -0.2) is 4.39 Å². The highest BCUT2D eigenvalue weighted by Crippen LogP contribution is 2.40. The third-order valence-corrected chi connectivity index (χ3v) is 5.89. The van der Waals surface area contributed by atoms with Crippen molar-refractivity contribution in [2.24, 2.45) is 17.8 Å². The van der Waals surface area contributed by atoms with Crippen LogP contribution in [0.25, 0.3) is 5.83 Å². The van der Waals surface area contributed by atoms with Gasteiger partial charge in [-0.1, -0.05) is 44.0 Å². The Balaban J connectivity index is 1.55. The Labute approximate surface area is 152 Å². The molecule has 1 saturated carbocycles. The minimum absolute atomic E-state index is 0.0440.